The normalized spacial score (nSPS) is 11.5. The third-order valence-corrected chi connectivity index (χ3v) is 6.64. The summed E-state index contributed by atoms with van der Waals surface area (Å²) in [5.74, 6) is 0. The number of rotatable bonds is 3. The summed E-state index contributed by atoms with van der Waals surface area (Å²) in [5, 5.41) is 3.55. The second-order valence-corrected chi connectivity index (χ2v) is 8.63. The highest BCUT2D eigenvalue weighted by Gasteiger charge is 2.14. The van der Waals surface area contributed by atoms with Crippen LogP contribution in [0.2, 0.25) is 0 Å². The van der Waals surface area contributed by atoms with Gasteiger partial charge in [0, 0.05) is 39.2 Å². The molecule has 5 aromatic carbocycles. The molecule has 0 unspecified atom stereocenters. The van der Waals surface area contributed by atoms with E-state index in [0.717, 1.165) is 38.8 Å². The number of nitrogens with zero attached hydrogens (tertiary/aromatic N) is 1. The van der Waals surface area contributed by atoms with E-state index in [4.69, 9.17) is 4.42 Å². The molecule has 0 atom stereocenters. The van der Waals surface area contributed by atoms with Crippen LogP contribution in [0, 0.1) is 0 Å². The second kappa shape index (κ2) is 7.50. The van der Waals surface area contributed by atoms with Crippen molar-refractivity contribution in [2.24, 2.45) is 0 Å². The lowest BCUT2D eigenvalue weighted by molar-refractivity contribution is 0.670. The predicted molar refractivity (Wildman–Crippen MR) is 141 cm³/mol. The van der Waals surface area contributed by atoms with E-state index in [1.807, 2.05) is 12.1 Å². The molecule has 0 amide bonds. The molecule has 2 nitrogen and oxygen atoms in total. The van der Waals surface area contributed by atoms with Gasteiger partial charge in [-0.3, -0.25) is 0 Å². The monoisotopic (exact) mass is 435 g/mol. The predicted octanol–water partition coefficient (Wildman–Crippen LogP) is 8.86. The van der Waals surface area contributed by atoms with E-state index in [9.17, 15) is 0 Å². The lowest BCUT2D eigenvalue weighted by atomic mass is 10.0. The number of benzene rings is 5. The number of fused-ring (bicyclic) bond motifs is 4. The van der Waals surface area contributed by atoms with Crippen LogP contribution in [-0.2, 0) is 0 Å². The molecule has 0 bridgehead atoms. The van der Waals surface area contributed by atoms with Crippen LogP contribution in [0.5, 0.6) is 0 Å². The van der Waals surface area contributed by atoms with Gasteiger partial charge in [-0.15, -0.1) is 0 Å². The van der Waals surface area contributed by atoms with Crippen molar-refractivity contribution in [3.63, 3.8) is 0 Å². The Labute approximate surface area is 197 Å². The highest BCUT2D eigenvalue weighted by Crippen LogP contribution is 2.37. The first-order chi connectivity index (χ1) is 16.9. The topological polar surface area (TPSA) is 18.1 Å². The summed E-state index contributed by atoms with van der Waals surface area (Å²) in [4.78, 5) is 0. The van der Waals surface area contributed by atoms with Crippen molar-refractivity contribution in [3.8, 4) is 27.9 Å². The van der Waals surface area contributed by atoms with Gasteiger partial charge in [0.1, 0.15) is 11.2 Å². The standard InChI is InChI=1S/C32H21NO/c1-2-10-22(11-3-1)29-21-33(30-18-6-4-14-26(29)30)24-13-8-12-23(20-24)25-16-9-17-28-27-15-5-7-19-31(27)34-32(25)28/h1-21H. The van der Waals surface area contributed by atoms with E-state index in [2.05, 4.69) is 120 Å². The maximum atomic E-state index is 6.31. The molecule has 2 aromatic heterocycles. The van der Waals surface area contributed by atoms with Crippen LogP contribution in [0.4, 0.5) is 0 Å². The Morgan fingerprint density at radius 1 is 0.500 bits per heavy atom. The van der Waals surface area contributed by atoms with Gasteiger partial charge in [-0.2, -0.15) is 0 Å². The third kappa shape index (κ3) is 2.89. The maximum absolute atomic E-state index is 6.31. The quantitative estimate of drug-likeness (QED) is 0.271. The molecular formula is C32H21NO. The number of hydrogen-bond acceptors (Lipinski definition) is 1. The summed E-state index contributed by atoms with van der Waals surface area (Å²) < 4.78 is 8.60. The Kier molecular flexibility index (Phi) is 4.18. The Balaban J connectivity index is 1.43. The van der Waals surface area contributed by atoms with Crippen LogP contribution in [0.3, 0.4) is 0 Å². The molecule has 160 valence electrons. The SMILES string of the molecule is c1ccc(-c2cn(-c3cccc(-c4cccc5c4oc4ccccc45)c3)c3ccccc23)cc1. The molecule has 0 spiro atoms. The minimum Gasteiger partial charge on any atom is -0.455 e. The summed E-state index contributed by atoms with van der Waals surface area (Å²) in [7, 11) is 0. The molecule has 0 radical (unpaired) electrons. The number of hydrogen-bond donors (Lipinski definition) is 0. The molecule has 0 fully saturated rings. The van der Waals surface area contributed by atoms with Gasteiger partial charge >= 0.3 is 0 Å². The smallest absolute Gasteiger partial charge is 0.143 e. The average Bonchev–Trinajstić information content (AvgIpc) is 3.48. The van der Waals surface area contributed by atoms with E-state index >= 15 is 0 Å². The van der Waals surface area contributed by atoms with Gasteiger partial charge in [-0.25, -0.2) is 0 Å². The van der Waals surface area contributed by atoms with E-state index in [0.29, 0.717) is 0 Å². The Morgan fingerprint density at radius 2 is 1.21 bits per heavy atom. The molecule has 2 heteroatoms. The first-order valence-corrected chi connectivity index (χ1v) is 11.5. The highest BCUT2D eigenvalue weighted by atomic mass is 16.3. The van der Waals surface area contributed by atoms with Gasteiger partial charge in [-0.1, -0.05) is 97.1 Å². The summed E-state index contributed by atoms with van der Waals surface area (Å²) in [6.45, 7) is 0. The van der Waals surface area contributed by atoms with Gasteiger partial charge in [-0.05, 0) is 35.4 Å². The van der Waals surface area contributed by atoms with Crippen molar-refractivity contribution in [1.29, 1.82) is 0 Å². The van der Waals surface area contributed by atoms with Gasteiger partial charge in [0.2, 0.25) is 0 Å². The lowest BCUT2D eigenvalue weighted by Crippen LogP contribution is -1.92. The first-order valence-electron chi connectivity index (χ1n) is 11.5. The zero-order valence-electron chi connectivity index (χ0n) is 18.5. The van der Waals surface area contributed by atoms with Crippen LogP contribution in [-0.4, -0.2) is 4.57 Å². The summed E-state index contributed by atoms with van der Waals surface area (Å²) in [6.07, 6.45) is 2.25. The number of aromatic nitrogens is 1. The molecular weight excluding hydrogens is 414 g/mol. The van der Waals surface area contributed by atoms with E-state index in [-0.39, 0.29) is 0 Å². The largest absolute Gasteiger partial charge is 0.455 e. The molecule has 7 rings (SSSR count). The van der Waals surface area contributed by atoms with E-state index in [1.165, 1.54) is 22.0 Å². The fraction of sp³-hybridized carbons (Fsp3) is 0. The fourth-order valence-electron chi connectivity index (χ4n) is 5.04. The van der Waals surface area contributed by atoms with Crippen molar-refractivity contribution in [3.05, 3.63) is 128 Å². The number of furan rings is 1. The fourth-order valence-corrected chi connectivity index (χ4v) is 5.04. The molecule has 0 aliphatic rings. The van der Waals surface area contributed by atoms with Gasteiger partial charge in [0.25, 0.3) is 0 Å². The molecule has 7 aromatic rings. The van der Waals surface area contributed by atoms with Crippen LogP contribution in [0.1, 0.15) is 0 Å². The van der Waals surface area contributed by atoms with Crippen molar-refractivity contribution < 1.29 is 4.42 Å². The zero-order chi connectivity index (χ0) is 22.5. The van der Waals surface area contributed by atoms with E-state index < -0.39 is 0 Å². The Hall–Kier alpha value is -4.56. The maximum Gasteiger partial charge on any atom is 0.143 e. The average molecular weight is 436 g/mol. The molecule has 2 heterocycles. The lowest BCUT2D eigenvalue weighted by Gasteiger charge is -2.09. The van der Waals surface area contributed by atoms with Gasteiger partial charge in [0.05, 0.1) is 5.52 Å². The molecule has 0 saturated carbocycles. The zero-order valence-corrected chi connectivity index (χ0v) is 18.5. The van der Waals surface area contributed by atoms with Gasteiger partial charge < -0.3 is 8.98 Å². The Morgan fingerprint density at radius 3 is 2.12 bits per heavy atom. The van der Waals surface area contributed by atoms with E-state index in [1.54, 1.807) is 0 Å². The molecule has 0 aliphatic heterocycles. The molecule has 34 heavy (non-hydrogen) atoms. The minimum absolute atomic E-state index is 0.921. The van der Waals surface area contributed by atoms with Crippen molar-refractivity contribution in [2.75, 3.05) is 0 Å². The van der Waals surface area contributed by atoms with Gasteiger partial charge in [0.15, 0.2) is 0 Å². The van der Waals surface area contributed by atoms with Crippen molar-refractivity contribution >= 4 is 32.8 Å². The third-order valence-electron chi connectivity index (χ3n) is 6.64. The minimum atomic E-state index is 0.921. The molecule has 0 saturated heterocycles. The highest BCUT2D eigenvalue weighted by molar-refractivity contribution is 6.09. The van der Waals surface area contributed by atoms with Crippen molar-refractivity contribution in [2.45, 2.75) is 0 Å². The summed E-state index contributed by atoms with van der Waals surface area (Å²) in [6, 6.07) is 42.5. The Bertz CT molecular complexity index is 1800. The molecule has 0 N–H and O–H groups in total. The number of para-hydroxylation sites is 3. The van der Waals surface area contributed by atoms with Crippen LogP contribution >= 0.6 is 0 Å². The van der Waals surface area contributed by atoms with Crippen LogP contribution < -0.4 is 0 Å². The van der Waals surface area contributed by atoms with Crippen LogP contribution in [0.15, 0.2) is 132 Å². The summed E-state index contributed by atoms with van der Waals surface area (Å²) >= 11 is 0. The van der Waals surface area contributed by atoms with Crippen molar-refractivity contribution in [1.82, 2.24) is 4.57 Å². The molecule has 0 aliphatic carbocycles. The first kappa shape index (κ1) is 19.0. The second-order valence-electron chi connectivity index (χ2n) is 8.63. The van der Waals surface area contributed by atoms with Crippen LogP contribution in [0.25, 0.3) is 60.8 Å². The summed E-state index contributed by atoms with van der Waals surface area (Å²) in [5.41, 5.74) is 8.88.